The highest BCUT2D eigenvalue weighted by Gasteiger charge is 2.25. The summed E-state index contributed by atoms with van der Waals surface area (Å²) in [5.74, 6) is 0. The van der Waals surface area contributed by atoms with Gasteiger partial charge in [0.1, 0.15) is 0 Å². The fourth-order valence-corrected chi connectivity index (χ4v) is 0.502. The van der Waals surface area contributed by atoms with Crippen LogP contribution in [0.5, 0.6) is 0 Å². The van der Waals surface area contributed by atoms with Crippen molar-refractivity contribution in [2.24, 2.45) is 0 Å². The molecule has 0 N–H and O–H groups in total. The summed E-state index contributed by atoms with van der Waals surface area (Å²) in [5.41, 5.74) is 0. The molecule has 0 aliphatic carbocycles. The van der Waals surface area contributed by atoms with Crippen molar-refractivity contribution in [3.8, 4) is 0 Å². The van der Waals surface area contributed by atoms with Crippen LogP contribution in [0.15, 0.2) is 0 Å². The SMILES string of the molecule is [CH2]CCCCC(F)(F)F. The minimum Gasteiger partial charge on any atom is -0.171 e. The average Bonchev–Trinajstić information content (AvgIpc) is 1.63. The van der Waals surface area contributed by atoms with Gasteiger partial charge in [-0.3, -0.25) is 0 Å². The monoisotopic (exact) mass is 139 g/mol. The topological polar surface area (TPSA) is 0 Å². The summed E-state index contributed by atoms with van der Waals surface area (Å²) in [6.07, 6.45) is -3.26. The number of hydrogen-bond donors (Lipinski definition) is 0. The van der Waals surface area contributed by atoms with E-state index in [9.17, 15) is 13.2 Å². The van der Waals surface area contributed by atoms with E-state index in [1.165, 1.54) is 0 Å². The van der Waals surface area contributed by atoms with Crippen molar-refractivity contribution in [3.63, 3.8) is 0 Å². The average molecular weight is 139 g/mol. The highest BCUT2D eigenvalue weighted by Crippen LogP contribution is 2.22. The third-order valence-corrected chi connectivity index (χ3v) is 0.960. The molecule has 0 aromatic carbocycles. The number of halogens is 3. The molecule has 0 aromatic rings. The Morgan fingerprint density at radius 1 is 1.11 bits per heavy atom. The van der Waals surface area contributed by atoms with Crippen molar-refractivity contribution in [1.82, 2.24) is 0 Å². The Labute approximate surface area is 53.1 Å². The summed E-state index contributed by atoms with van der Waals surface area (Å²) < 4.78 is 34.1. The van der Waals surface area contributed by atoms with Gasteiger partial charge in [-0.2, -0.15) is 13.2 Å². The van der Waals surface area contributed by atoms with Crippen molar-refractivity contribution >= 4 is 0 Å². The second-order valence-corrected chi connectivity index (χ2v) is 1.93. The molecule has 0 bridgehead atoms. The zero-order valence-electron chi connectivity index (χ0n) is 5.17. The highest BCUT2D eigenvalue weighted by atomic mass is 19.4. The van der Waals surface area contributed by atoms with Gasteiger partial charge in [0, 0.05) is 6.42 Å². The van der Waals surface area contributed by atoms with Crippen molar-refractivity contribution in [3.05, 3.63) is 6.92 Å². The van der Waals surface area contributed by atoms with Gasteiger partial charge in [-0.15, -0.1) is 0 Å². The largest absolute Gasteiger partial charge is 0.389 e. The van der Waals surface area contributed by atoms with Crippen LogP contribution in [-0.2, 0) is 0 Å². The maximum Gasteiger partial charge on any atom is 0.389 e. The maximum atomic E-state index is 11.4. The first-order chi connectivity index (χ1) is 4.06. The lowest BCUT2D eigenvalue weighted by Gasteiger charge is -2.03. The lowest BCUT2D eigenvalue weighted by molar-refractivity contribution is -0.135. The second kappa shape index (κ2) is 3.75. The first-order valence-electron chi connectivity index (χ1n) is 2.92. The molecule has 0 atom stereocenters. The predicted molar refractivity (Wildman–Crippen MR) is 29.9 cm³/mol. The van der Waals surface area contributed by atoms with E-state index in [4.69, 9.17) is 0 Å². The molecule has 0 aromatic heterocycles. The van der Waals surface area contributed by atoms with E-state index in [2.05, 4.69) is 6.92 Å². The van der Waals surface area contributed by atoms with E-state index in [0.29, 0.717) is 12.8 Å². The highest BCUT2D eigenvalue weighted by molar-refractivity contribution is 4.51. The molecule has 9 heavy (non-hydrogen) atoms. The molecular formula is C6H10F3. The zero-order valence-corrected chi connectivity index (χ0v) is 5.17. The fraction of sp³-hybridized carbons (Fsp3) is 0.833. The van der Waals surface area contributed by atoms with Gasteiger partial charge >= 0.3 is 6.18 Å². The van der Waals surface area contributed by atoms with Crippen molar-refractivity contribution in [2.45, 2.75) is 31.9 Å². The Bertz CT molecular complexity index is 65.2. The van der Waals surface area contributed by atoms with Gasteiger partial charge in [0.25, 0.3) is 0 Å². The summed E-state index contributed by atoms with van der Waals surface area (Å²) in [7, 11) is 0. The summed E-state index contributed by atoms with van der Waals surface area (Å²) in [6.45, 7) is 3.44. The molecule has 0 fully saturated rings. The first-order valence-corrected chi connectivity index (χ1v) is 2.92. The molecule has 0 spiro atoms. The van der Waals surface area contributed by atoms with Crippen molar-refractivity contribution < 1.29 is 13.2 Å². The molecule has 0 saturated carbocycles. The Kier molecular flexibility index (Phi) is 3.66. The van der Waals surface area contributed by atoms with E-state index in [-0.39, 0.29) is 6.42 Å². The van der Waals surface area contributed by atoms with Gasteiger partial charge < -0.3 is 0 Å². The van der Waals surface area contributed by atoms with Crippen LogP contribution in [0.4, 0.5) is 13.2 Å². The second-order valence-electron chi connectivity index (χ2n) is 1.93. The van der Waals surface area contributed by atoms with Crippen LogP contribution >= 0.6 is 0 Å². The van der Waals surface area contributed by atoms with E-state index in [1.54, 1.807) is 0 Å². The Balaban J connectivity index is 3.07. The Morgan fingerprint density at radius 2 is 1.67 bits per heavy atom. The minimum atomic E-state index is -3.98. The van der Waals surface area contributed by atoms with Crippen molar-refractivity contribution in [1.29, 1.82) is 0 Å². The van der Waals surface area contributed by atoms with E-state index >= 15 is 0 Å². The maximum absolute atomic E-state index is 11.4. The zero-order chi connectivity index (χ0) is 7.33. The van der Waals surface area contributed by atoms with Gasteiger partial charge in [-0.05, 0) is 6.42 Å². The third-order valence-electron chi connectivity index (χ3n) is 0.960. The molecule has 3 heteroatoms. The minimum absolute atomic E-state index is 0.215. The van der Waals surface area contributed by atoms with Gasteiger partial charge in [-0.1, -0.05) is 19.8 Å². The molecule has 55 valence electrons. The van der Waals surface area contributed by atoms with Gasteiger partial charge in [-0.25, -0.2) is 0 Å². The number of hydrogen-bond acceptors (Lipinski definition) is 0. The molecule has 0 aliphatic rings. The van der Waals surface area contributed by atoms with Gasteiger partial charge in [0.15, 0.2) is 0 Å². The summed E-state index contributed by atoms with van der Waals surface area (Å²) in [5, 5.41) is 0. The predicted octanol–water partition coefficient (Wildman–Crippen LogP) is 2.94. The number of alkyl halides is 3. The molecule has 1 radical (unpaired) electrons. The van der Waals surface area contributed by atoms with E-state index in [1.807, 2.05) is 0 Å². The number of rotatable bonds is 3. The summed E-state index contributed by atoms with van der Waals surface area (Å²) >= 11 is 0. The molecule has 0 amide bonds. The van der Waals surface area contributed by atoms with Crippen molar-refractivity contribution in [2.75, 3.05) is 0 Å². The van der Waals surface area contributed by atoms with Crippen LogP contribution in [0, 0.1) is 6.92 Å². The normalized spacial score (nSPS) is 12.0. The summed E-state index contributed by atoms with van der Waals surface area (Å²) in [6, 6.07) is 0. The molecule has 0 saturated heterocycles. The number of unbranched alkanes of at least 4 members (excludes halogenated alkanes) is 2. The smallest absolute Gasteiger partial charge is 0.171 e. The van der Waals surface area contributed by atoms with Crippen LogP contribution in [0.2, 0.25) is 0 Å². The lowest BCUT2D eigenvalue weighted by atomic mass is 10.2. The van der Waals surface area contributed by atoms with Crippen LogP contribution in [0.25, 0.3) is 0 Å². The standard InChI is InChI=1S/C6H10F3/c1-2-3-4-5-6(7,8)9/h1-5H2. The van der Waals surface area contributed by atoms with Gasteiger partial charge in [0.2, 0.25) is 0 Å². The molecule has 0 heterocycles. The molecule has 0 rings (SSSR count). The molecule has 0 aliphatic heterocycles. The third kappa shape index (κ3) is 7.79. The lowest BCUT2D eigenvalue weighted by Crippen LogP contribution is -2.05. The van der Waals surface area contributed by atoms with Crippen LogP contribution in [0.1, 0.15) is 25.7 Å². The van der Waals surface area contributed by atoms with Crippen LogP contribution in [-0.4, -0.2) is 6.18 Å². The quantitative estimate of drug-likeness (QED) is 0.527. The first kappa shape index (κ1) is 8.79. The summed E-state index contributed by atoms with van der Waals surface area (Å²) in [4.78, 5) is 0. The van der Waals surface area contributed by atoms with E-state index < -0.39 is 12.6 Å². The molecule has 0 nitrogen and oxygen atoms in total. The fourth-order valence-electron chi connectivity index (χ4n) is 0.502. The van der Waals surface area contributed by atoms with Crippen LogP contribution in [0.3, 0.4) is 0 Å². The Hall–Kier alpha value is -0.210. The van der Waals surface area contributed by atoms with Crippen LogP contribution < -0.4 is 0 Å². The molecule has 0 unspecified atom stereocenters. The van der Waals surface area contributed by atoms with Gasteiger partial charge in [0.05, 0.1) is 0 Å². The van der Waals surface area contributed by atoms with E-state index in [0.717, 1.165) is 0 Å². The molecular weight excluding hydrogens is 129 g/mol. The Morgan fingerprint density at radius 3 is 2.00 bits per heavy atom.